The van der Waals surface area contributed by atoms with Crippen molar-refractivity contribution in [3.63, 3.8) is 0 Å². The van der Waals surface area contributed by atoms with Crippen molar-refractivity contribution < 1.29 is 19.1 Å². The number of methoxy groups -OCH3 is 1. The number of thioether (sulfide) groups is 1. The maximum atomic E-state index is 13.6. The van der Waals surface area contributed by atoms with Gasteiger partial charge >= 0.3 is 5.97 Å². The summed E-state index contributed by atoms with van der Waals surface area (Å²) in [6.07, 6.45) is 5.72. The minimum atomic E-state index is -0.917. The highest BCUT2D eigenvalue weighted by Gasteiger charge is 2.36. The fourth-order valence-corrected chi connectivity index (χ4v) is 5.48. The van der Waals surface area contributed by atoms with Crippen molar-refractivity contribution >= 4 is 63.6 Å². The van der Waals surface area contributed by atoms with Crippen LogP contribution in [0.15, 0.2) is 34.1 Å². The predicted octanol–water partition coefficient (Wildman–Crippen LogP) is 1.95. The molecule has 0 radical (unpaired) electrons. The molecule has 1 unspecified atom stereocenters. The summed E-state index contributed by atoms with van der Waals surface area (Å²) in [5.41, 5.74) is 0.136. The van der Waals surface area contributed by atoms with Crippen molar-refractivity contribution in [3.05, 3.63) is 45.2 Å². The van der Waals surface area contributed by atoms with E-state index >= 15 is 0 Å². The Morgan fingerprint density at radius 1 is 1.31 bits per heavy atom. The van der Waals surface area contributed by atoms with Gasteiger partial charge in [0.25, 0.3) is 11.5 Å². The number of anilines is 1. The van der Waals surface area contributed by atoms with E-state index in [4.69, 9.17) is 17.0 Å². The molecule has 1 atom stereocenters. The monoisotopic (exact) mass is 529 g/mol. The number of carbonyl (C=O) groups excluding carboxylic acids is 3. The van der Waals surface area contributed by atoms with Crippen LogP contribution in [0.3, 0.4) is 0 Å². The molecular weight excluding hydrogens is 502 g/mol. The van der Waals surface area contributed by atoms with Crippen LogP contribution in [0, 0.1) is 0 Å². The number of hydrogen-bond donors (Lipinski definition) is 1. The van der Waals surface area contributed by atoms with Crippen LogP contribution >= 0.6 is 24.0 Å². The molecule has 4 heterocycles. The van der Waals surface area contributed by atoms with Gasteiger partial charge in [0.1, 0.15) is 21.8 Å². The molecule has 0 bridgehead atoms. The predicted molar refractivity (Wildman–Crippen MR) is 142 cm³/mol. The Hall–Kier alpha value is -3.25. The third-order valence-corrected chi connectivity index (χ3v) is 7.45. The van der Waals surface area contributed by atoms with Gasteiger partial charge in [-0.05, 0) is 24.6 Å². The van der Waals surface area contributed by atoms with Crippen LogP contribution in [0.5, 0.6) is 0 Å². The Morgan fingerprint density at radius 2 is 2.11 bits per heavy atom. The summed E-state index contributed by atoms with van der Waals surface area (Å²) < 4.78 is 6.61. The van der Waals surface area contributed by atoms with Gasteiger partial charge in [-0.2, -0.15) is 0 Å². The normalized spacial score (nSPS) is 19.3. The molecule has 2 fully saturated rings. The van der Waals surface area contributed by atoms with Gasteiger partial charge in [-0.1, -0.05) is 49.8 Å². The van der Waals surface area contributed by atoms with Gasteiger partial charge in [0.05, 0.1) is 24.0 Å². The van der Waals surface area contributed by atoms with Gasteiger partial charge in [-0.3, -0.25) is 28.5 Å². The van der Waals surface area contributed by atoms with Crippen molar-refractivity contribution in [3.8, 4) is 0 Å². The third kappa shape index (κ3) is 5.14. The van der Waals surface area contributed by atoms with Crippen LogP contribution in [0.25, 0.3) is 11.7 Å². The van der Waals surface area contributed by atoms with Crippen molar-refractivity contribution in [2.24, 2.45) is 0 Å². The molecule has 10 nitrogen and oxygen atoms in total. The Bertz CT molecular complexity index is 1310. The van der Waals surface area contributed by atoms with E-state index < -0.39 is 17.6 Å². The van der Waals surface area contributed by atoms with Crippen molar-refractivity contribution in [1.82, 2.24) is 19.6 Å². The fourth-order valence-electron chi connectivity index (χ4n) is 4.19. The lowest BCUT2D eigenvalue weighted by Crippen LogP contribution is -2.57. The number of fused-ring (bicyclic) bond motifs is 1. The van der Waals surface area contributed by atoms with Gasteiger partial charge < -0.3 is 15.0 Å². The molecule has 12 heteroatoms. The van der Waals surface area contributed by atoms with Crippen molar-refractivity contribution in [2.75, 3.05) is 31.6 Å². The molecule has 1 N–H and O–H groups in total. The summed E-state index contributed by atoms with van der Waals surface area (Å²) in [4.78, 5) is 59.8. The summed E-state index contributed by atoms with van der Waals surface area (Å²) in [6.45, 7) is 3.23. The van der Waals surface area contributed by atoms with Crippen LogP contribution in [0.2, 0.25) is 0 Å². The summed E-state index contributed by atoms with van der Waals surface area (Å²) in [5.74, 6) is -0.956. The van der Waals surface area contributed by atoms with E-state index in [1.807, 2.05) is 0 Å². The maximum absolute atomic E-state index is 13.6. The third-order valence-electron chi connectivity index (χ3n) is 6.07. The lowest BCUT2D eigenvalue weighted by Gasteiger charge is -2.36. The standard InChI is InChI=1S/C24H27N5O5S2/c1-3-4-6-11-29-23(33)17(36-24(29)35)13-15-20(26-18-8-5-7-10-28(18)22(15)32)27-12-9-25-21(31)16(27)14-19(30)34-2/h5,7-8,10,13,16H,3-4,6,9,11-12,14H2,1-2H3,(H,25,31)/b17-13-. The number of thiocarbonyl (C=S) groups is 1. The number of unbranched alkanes of at least 4 members (excludes halogenated alkanes) is 2. The average molecular weight is 530 g/mol. The van der Waals surface area contributed by atoms with Crippen LogP contribution in [-0.4, -0.2) is 69.2 Å². The molecule has 2 aliphatic rings. The minimum absolute atomic E-state index is 0.150. The first-order valence-electron chi connectivity index (χ1n) is 11.7. The van der Waals surface area contributed by atoms with E-state index in [1.165, 1.54) is 17.6 Å². The van der Waals surface area contributed by atoms with Crippen molar-refractivity contribution in [2.45, 2.75) is 38.6 Å². The van der Waals surface area contributed by atoms with E-state index in [2.05, 4.69) is 17.2 Å². The molecule has 0 aliphatic carbocycles. The summed E-state index contributed by atoms with van der Waals surface area (Å²) in [6, 6.07) is 4.23. The van der Waals surface area contributed by atoms with Gasteiger partial charge in [0, 0.05) is 25.8 Å². The summed E-state index contributed by atoms with van der Waals surface area (Å²) in [5, 5.41) is 2.75. The lowest BCUT2D eigenvalue weighted by atomic mass is 10.1. The quantitative estimate of drug-likeness (QED) is 0.237. The molecule has 190 valence electrons. The largest absolute Gasteiger partial charge is 0.469 e. The molecule has 2 amide bonds. The second kappa shape index (κ2) is 11.2. The zero-order valence-corrected chi connectivity index (χ0v) is 21.7. The highest BCUT2D eigenvalue weighted by Crippen LogP contribution is 2.34. The van der Waals surface area contributed by atoms with Crippen LogP contribution in [0.4, 0.5) is 5.82 Å². The van der Waals surface area contributed by atoms with Gasteiger partial charge in [0.2, 0.25) is 5.91 Å². The molecule has 0 aromatic carbocycles. The zero-order valence-electron chi connectivity index (χ0n) is 20.1. The molecular formula is C24H27N5O5S2. The molecule has 36 heavy (non-hydrogen) atoms. The summed E-state index contributed by atoms with van der Waals surface area (Å²) >= 11 is 6.58. The molecule has 0 saturated carbocycles. The van der Waals surface area contributed by atoms with Crippen LogP contribution in [0.1, 0.15) is 38.2 Å². The van der Waals surface area contributed by atoms with E-state index in [0.29, 0.717) is 34.5 Å². The fraction of sp³-hybridized carbons (Fsp3) is 0.417. The lowest BCUT2D eigenvalue weighted by molar-refractivity contribution is -0.143. The second-order valence-corrected chi connectivity index (χ2v) is 10.1. The summed E-state index contributed by atoms with van der Waals surface area (Å²) in [7, 11) is 1.25. The van der Waals surface area contributed by atoms with Crippen molar-refractivity contribution in [1.29, 1.82) is 0 Å². The number of amides is 2. The van der Waals surface area contributed by atoms with Crippen LogP contribution in [-0.2, 0) is 19.1 Å². The highest BCUT2D eigenvalue weighted by atomic mass is 32.2. The number of nitrogens with zero attached hydrogens (tertiary/aromatic N) is 4. The second-order valence-electron chi connectivity index (χ2n) is 8.40. The number of piperazine rings is 1. The van der Waals surface area contributed by atoms with Crippen LogP contribution < -0.4 is 15.8 Å². The zero-order chi connectivity index (χ0) is 25.8. The number of ether oxygens (including phenoxy) is 1. The molecule has 0 spiro atoms. The number of esters is 1. The molecule has 2 saturated heterocycles. The number of rotatable bonds is 8. The number of hydrogen-bond acceptors (Lipinski definition) is 9. The molecule has 2 aromatic rings. The van der Waals surface area contributed by atoms with E-state index in [1.54, 1.807) is 34.2 Å². The average Bonchev–Trinajstić information content (AvgIpc) is 3.14. The van der Waals surface area contributed by atoms with Gasteiger partial charge in [-0.25, -0.2) is 4.98 Å². The van der Waals surface area contributed by atoms with E-state index in [0.717, 1.165) is 31.0 Å². The first kappa shape index (κ1) is 25.8. The maximum Gasteiger partial charge on any atom is 0.308 e. The number of aromatic nitrogens is 2. The first-order chi connectivity index (χ1) is 17.3. The Labute approximate surface area is 217 Å². The van der Waals surface area contributed by atoms with Gasteiger partial charge in [0.15, 0.2) is 0 Å². The Balaban J connectivity index is 1.82. The smallest absolute Gasteiger partial charge is 0.308 e. The van der Waals surface area contributed by atoms with E-state index in [9.17, 15) is 19.2 Å². The Kier molecular flexibility index (Phi) is 8.04. The number of carbonyl (C=O) groups is 3. The Morgan fingerprint density at radius 3 is 2.86 bits per heavy atom. The number of nitrogens with one attached hydrogen (secondary N) is 1. The van der Waals surface area contributed by atoms with Gasteiger partial charge in [-0.15, -0.1) is 0 Å². The molecule has 2 aromatic heterocycles. The number of pyridine rings is 1. The highest BCUT2D eigenvalue weighted by molar-refractivity contribution is 8.26. The SMILES string of the molecule is CCCCCN1C(=O)/C(=C/c2c(N3CCNC(=O)C3CC(=O)OC)nc3ccccn3c2=O)SC1=S. The minimum Gasteiger partial charge on any atom is -0.469 e. The topological polar surface area (TPSA) is 113 Å². The molecule has 2 aliphatic heterocycles. The molecule has 4 rings (SSSR count). The van der Waals surface area contributed by atoms with E-state index in [-0.39, 0.29) is 29.6 Å². The first-order valence-corrected chi connectivity index (χ1v) is 13.0.